The molecule has 0 bridgehead atoms. The second-order valence-corrected chi connectivity index (χ2v) is 15.3. The third-order valence-corrected chi connectivity index (χ3v) is 10.6. The first-order valence-electron chi connectivity index (χ1n) is 14.1. The molecule has 2 heterocycles. The van der Waals surface area contributed by atoms with E-state index in [0.717, 1.165) is 32.5 Å². The topological polar surface area (TPSA) is 144 Å². The minimum absolute atomic E-state index is 0.0544. The number of hydrogen-bond donors (Lipinski definition) is 3. The minimum Gasteiger partial charge on any atom is -0.444 e. The molecular weight excluding hydrogens is 633 g/mol. The summed E-state index contributed by atoms with van der Waals surface area (Å²) in [5.74, 6) is -0.123. The Morgan fingerprint density at radius 3 is 2.51 bits per heavy atom. The Labute approximate surface area is 269 Å². The molecule has 10 nitrogen and oxygen atoms in total. The lowest BCUT2D eigenvalue weighted by Gasteiger charge is -2.19. The van der Waals surface area contributed by atoms with Crippen LogP contribution in [0.15, 0.2) is 87.6 Å². The molecule has 234 valence electrons. The van der Waals surface area contributed by atoms with E-state index >= 15 is 0 Å². The number of thiazole rings is 1. The van der Waals surface area contributed by atoms with Gasteiger partial charge < -0.3 is 20.7 Å². The third kappa shape index (κ3) is 7.91. The van der Waals surface area contributed by atoms with Crippen LogP contribution in [0.4, 0.5) is 10.5 Å². The van der Waals surface area contributed by atoms with Crippen molar-refractivity contribution < 1.29 is 27.5 Å². The van der Waals surface area contributed by atoms with E-state index in [0.29, 0.717) is 6.54 Å². The quantitative estimate of drug-likeness (QED) is 0.143. The Hall–Kier alpha value is -4.20. The zero-order chi connectivity index (χ0) is 32.2. The Morgan fingerprint density at radius 2 is 1.76 bits per heavy atom. The second-order valence-electron chi connectivity index (χ2n) is 11.1. The van der Waals surface area contributed by atoms with E-state index in [-0.39, 0.29) is 33.2 Å². The lowest BCUT2D eigenvalue weighted by atomic mass is 10.1. The number of sulfone groups is 1. The van der Waals surface area contributed by atoms with E-state index < -0.39 is 33.3 Å². The van der Waals surface area contributed by atoms with Gasteiger partial charge in [-0.3, -0.25) is 9.59 Å². The summed E-state index contributed by atoms with van der Waals surface area (Å²) in [7, 11) is -3.95. The lowest BCUT2D eigenvalue weighted by molar-refractivity contribution is 0.0527. The number of hydrogen-bond acceptors (Lipinski definition) is 9. The summed E-state index contributed by atoms with van der Waals surface area (Å²) < 4.78 is 31.6. The van der Waals surface area contributed by atoms with Gasteiger partial charge in [-0.2, -0.15) is 0 Å². The predicted octanol–water partition coefficient (Wildman–Crippen LogP) is 6.15. The van der Waals surface area contributed by atoms with Gasteiger partial charge in [0.25, 0.3) is 11.8 Å². The van der Waals surface area contributed by atoms with Gasteiger partial charge in [0.05, 0.1) is 27.6 Å². The van der Waals surface area contributed by atoms with Crippen LogP contribution in [0.2, 0.25) is 0 Å². The fraction of sp³-hybridized carbons (Fsp3) is 0.250. The number of ether oxygens (including phenoxy) is 1. The van der Waals surface area contributed by atoms with E-state index in [1.807, 2.05) is 45.0 Å². The number of carbonyl (C=O) groups excluding carboxylic acids is 3. The monoisotopic (exact) mass is 664 g/mol. The first-order chi connectivity index (χ1) is 21.4. The van der Waals surface area contributed by atoms with Crippen LogP contribution in [0.3, 0.4) is 0 Å². The third-order valence-electron chi connectivity index (χ3n) is 6.54. The van der Waals surface area contributed by atoms with Crippen LogP contribution >= 0.6 is 23.1 Å². The van der Waals surface area contributed by atoms with Crippen LogP contribution in [0.5, 0.6) is 0 Å². The number of thioether (sulfide) groups is 1. The van der Waals surface area contributed by atoms with Crippen molar-refractivity contribution in [3.8, 4) is 10.6 Å². The smallest absolute Gasteiger partial charge is 0.407 e. The molecule has 0 unspecified atom stereocenters. The van der Waals surface area contributed by atoms with Crippen molar-refractivity contribution in [1.29, 1.82) is 0 Å². The summed E-state index contributed by atoms with van der Waals surface area (Å²) in [6.07, 6.45) is 2.11. The number of alkyl carbamates (subject to hydrolysis) is 1. The van der Waals surface area contributed by atoms with Gasteiger partial charge in [0.1, 0.15) is 10.6 Å². The van der Waals surface area contributed by atoms with Crippen LogP contribution in [0.25, 0.3) is 10.6 Å². The Balaban J connectivity index is 1.13. The van der Waals surface area contributed by atoms with Crippen LogP contribution in [-0.4, -0.2) is 49.2 Å². The molecule has 45 heavy (non-hydrogen) atoms. The number of nitrogens with one attached hydrogen (secondary N) is 3. The minimum atomic E-state index is -3.95. The van der Waals surface area contributed by atoms with Crippen molar-refractivity contribution in [3.05, 3.63) is 88.9 Å². The van der Waals surface area contributed by atoms with Crippen molar-refractivity contribution in [2.75, 3.05) is 17.6 Å². The molecule has 3 N–H and O–H groups in total. The first-order valence-corrected chi connectivity index (χ1v) is 17.4. The van der Waals surface area contributed by atoms with Crippen molar-refractivity contribution >= 4 is 56.5 Å². The fourth-order valence-electron chi connectivity index (χ4n) is 4.45. The van der Waals surface area contributed by atoms with E-state index in [9.17, 15) is 22.8 Å². The van der Waals surface area contributed by atoms with Crippen molar-refractivity contribution in [3.63, 3.8) is 0 Å². The lowest BCUT2D eigenvalue weighted by Crippen LogP contribution is -2.33. The highest BCUT2D eigenvalue weighted by atomic mass is 32.2. The van der Waals surface area contributed by atoms with Crippen molar-refractivity contribution in [2.45, 2.75) is 54.0 Å². The molecule has 0 spiro atoms. The van der Waals surface area contributed by atoms with E-state index in [2.05, 4.69) is 20.9 Å². The molecule has 0 saturated carbocycles. The molecule has 3 amide bonds. The SMILES string of the molecule is CC(C)(C)OC(=O)NCCCSc1ccc(-c2ncc(CNC(=O)c3ccc4c(c3)NC(=O)c3ccccc3S4(=O)=O)s2)cc1. The van der Waals surface area contributed by atoms with Crippen LogP contribution in [0.1, 0.15) is 52.8 Å². The van der Waals surface area contributed by atoms with Gasteiger partial charge in [0.2, 0.25) is 9.84 Å². The number of carbonyl (C=O) groups is 3. The number of benzene rings is 3. The number of rotatable bonds is 9. The van der Waals surface area contributed by atoms with E-state index in [4.69, 9.17) is 4.74 Å². The normalized spacial score (nSPS) is 13.5. The van der Waals surface area contributed by atoms with E-state index in [1.165, 1.54) is 41.7 Å². The molecule has 4 aromatic rings. The van der Waals surface area contributed by atoms with E-state index in [1.54, 1.807) is 30.1 Å². The molecular formula is C32H32N4O6S3. The molecule has 0 saturated heterocycles. The van der Waals surface area contributed by atoms with Crippen molar-refractivity contribution in [1.82, 2.24) is 15.6 Å². The van der Waals surface area contributed by atoms with Gasteiger partial charge in [0, 0.05) is 33.6 Å². The number of amides is 3. The molecule has 0 radical (unpaired) electrons. The summed E-state index contributed by atoms with van der Waals surface area (Å²) in [5, 5.41) is 9.05. The molecule has 5 rings (SSSR count). The van der Waals surface area contributed by atoms with Gasteiger partial charge in [-0.05, 0) is 75.4 Å². The Morgan fingerprint density at radius 1 is 1.00 bits per heavy atom. The van der Waals surface area contributed by atoms with Crippen LogP contribution in [0, 0.1) is 0 Å². The molecule has 1 aliphatic rings. The fourth-order valence-corrected chi connectivity index (χ4v) is 7.75. The first kappa shape index (κ1) is 32.2. The molecule has 0 atom stereocenters. The summed E-state index contributed by atoms with van der Waals surface area (Å²) in [6.45, 7) is 6.26. The second kappa shape index (κ2) is 13.4. The molecule has 0 fully saturated rings. The van der Waals surface area contributed by atoms with Crippen molar-refractivity contribution in [2.24, 2.45) is 0 Å². The number of aromatic nitrogens is 1. The summed E-state index contributed by atoms with van der Waals surface area (Å²) in [4.78, 5) is 43.7. The maximum atomic E-state index is 13.2. The highest BCUT2D eigenvalue weighted by Crippen LogP contribution is 2.34. The highest BCUT2D eigenvalue weighted by molar-refractivity contribution is 7.99. The van der Waals surface area contributed by atoms with Gasteiger partial charge in [-0.15, -0.1) is 23.1 Å². The summed E-state index contributed by atoms with van der Waals surface area (Å²) in [6, 6.07) is 18.2. The van der Waals surface area contributed by atoms with Gasteiger partial charge >= 0.3 is 6.09 Å². The molecule has 1 aromatic heterocycles. The summed E-state index contributed by atoms with van der Waals surface area (Å²) in [5.41, 5.74) is 0.770. The summed E-state index contributed by atoms with van der Waals surface area (Å²) >= 11 is 3.15. The molecule has 13 heteroatoms. The molecule has 1 aliphatic heterocycles. The highest BCUT2D eigenvalue weighted by Gasteiger charge is 2.31. The zero-order valence-electron chi connectivity index (χ0n) is 24.9. The Bertz CT molecular complexity index is 1850. The number of nitrogens with zero attached hydrogens (tertiary/aromatic N) is 1. The number of anilines is 1. The van der Waals surface area contributed by atoms with Gasteiger partial charge in [-0.1, -0.05) is 24.3 Å². The van der Waals surface area contributed by atoms with Crippen LogP contribution in [-0.2, 0) is 21.1 Å². The average Bonchev–Trinajstić information content (AvgIpc) is 3.45. The van der Waals surface area contributed by atoms with Crippen LogP contribution < -0.4 is 16.0 Å². The van der Waals surface area contributed by atoms with Gasteiger partial charge in [0.15, 0.2) is 0 Å². The Kier molecular flexibility index (Phi) is 9.61. The maximum absolute atomic E-state index is 13.2. The van der Waals surface area contributed by atoms with Gasteiger partial charge in [-0.25, -0.2) is 18.2 Å². The standard InChI is InChI=1S/C32H32N4O6S3/c1-32(2,3)42-31(39)33-15-6-16-43-22-12-9-20(10-13-22)30-35-19-23(44-30)18-34-28(37)21-11-14-27-25(17-21)36-29(38)24-7-4-5-8-26(24)45(27,40)41/h4-5,7-14,17,19H,6,15-16,18H2,1-3H3,(H,33,39)(H,34,37)(H,36,38). The number of fused-ring (bicyclic) bond motifs is 2. The maximum Gasteiger partial charge on any atom is 0.407 e. The molecule has 3 aromatic carbocycles. The average molecular weight is 665 g/mol. The zero-order valence-corrected chi connectivity index (χ0v) is 27.3. The largest absolute Gasteiger partial charge is 0.444 e. The molecule has 0 aliphatic carbocycles. The predicted molar refractivity (Wildman–Crippen MR) is 175 cm³/mol.